The van der Waals surface area contributed by atoms with Gasteiger partial charge in [0.15, 0.2) is 0 Å². The Morgan fingerprint density at radius 3 is 2.50 bits per heavy atom. The van der Waals surface area contributed by atoms with Crippen LogP contribution in [0.1, 0.15) is 34.8 Å². The fourth-order valence-corrected chi connectivity index (χ4v) is 2.69. The second kappa shape index (κ2) is 6.52. The molecule has 0 radical (unpaired) electrons. The van der Waals surface area contributed by atoms with E-state index in [0.29, 0.717) is 0 Å². The summed E-state index contributed by atoms with van der Waals surface area (Å²) < 4.78 is 3.08. The molecule has 0 saturated carbocycles. The van der Waals surface area contributed by atoms with Crippen LogP contribution in [-0.2, 0) is 13.5 Å². The van der Waals surface area contributed by atoms with Crippen molar-refractivity contribution >= 4 is 15.9 Å². The van der Waals surface area contributed by atoms with Crippen LogP contribution in [0.2, 0.25) is 0 Å². The van der Waals surface area contributed by atoms with Gasteiger partial charge in [-0.3, -0.25) is 16.0 Å². The van der Waals surface area contributed by atoms with Crippen molar-refractivity contribution in [1.82, 2.24) is 15.2 Å². The zero-order chi connectivity index (χ0) is 14.7. The minimum Gasteiger partial charge on any atom is -0.273 e. The zero-order valence-electron chi connectivity index (χ0n) is 12.2. The third-order valence-corrected chi connectivity index (χ3v) is 4.92. The third kappa shape index (κ3) is 3.29. The molecule has 0 aliphatic heterocycles. The number of hydrogen-bond donors (Lipinski definition) is 2. The van der Waals surface area contributed by atoms with E-state index in [-0.39, 0.29) is 6.04 Å². The molecule has 1 unspecified atom stereocenters. The summed E-state index contributed by atoms with van der Waals surface area (Å²) in [4.78, 5) is 0. The Labute approximate surface area is 128 Å². The summed E-state index contributed by atoms with van der Waals surface area (Å²) in [6.07, 6.45) is 3.71. The fourth-order valence-electron chi connectivity index (χ4n) is 2.47. The molecule has 0 saturated heterocycles. The highest BCUT2D eigenvalue weighted by atomic mass is 79.9. The van der Waals surface area contributed by atoms with E-state index in [9.17, 15) is 0 Å². The molecule has 0 aliphatic rings. The maximum absolute atomic E-state index is 5.74. The van der Waals surface area contributed by atoms with Crippen LogP contribution < -0.4 is 11.3 Å². The van der Waals surface area contributed by atoms with E-state index in [1.54, 1.807) is 0 Å². The lowest BCUT2D eigenvalue weighted by atomic mass is 9.98. The van der Waals surface area contributed by atoms with Crippen LogP contribution in [0.15, 0.2) is 28.9 Å². The van der Waals surface area contributed by atoms with Crippen molar-refractivity contribution < 1.29 is 0 Å². The van der Waals surface area contributed by atoms with E-state index in [4.69, 9.17) is 5.84 Å². The number of nitrogens with two attached hydrogens (primary N) is 1. The summed E-state index contributed by atoms with van der Waals surface area (Å²) in [6.45, 7) is 4.21. The van der Waals surface area contributed by atoms with Gasteiger partial charge in [0.05, 0.1) is 0 Å². The van der Waals surface area contributed by atoms with Gasteiger partial charge in [0, 0.05) is 29.5 Å². The van der Waals surface area contributed by atoms with Crippen molar-refractivity contribution in [3.63, 3.8) is 0 Å². The molecule has 1 aromatic carbocycles. The quantitative estimate of drug-likeness (QED) is 0.652. The van der Waals surface area contributed by atoms with Gasteiger partial charge in [0.1, 0.15) is 0 Å². The van der Waals surface area contributed by atoms with Gasteiger partial charge in [0.25, 0.3) is 0 Å². The number of rotatable bonds is 5. The van der Waals surface area contributed by atoms with Gasteiger partial charge in [-0.1, -0.05) is 28.1 Å². The second-order valence-corrected chi connectivity index (χ2v) is 5.97. The van der Waals surface area contributed by atoms with Crippen molar-refractivity contribution in [3.8, 4) is 0 Å². The topological polar surface area (TPSA) is 55.9 Å². The number of aryl methyl sites for hydroxylation is 4. The van der Waals surface area contributed by atoms with E-state index in [1.807, 2.05) is 24.0 Å². The lowest BCUT2D eigenvalue weighted by Gasteiger charge is -2.18. The van der Waals surface area contributed by atoms with Gasteiger partial charge in [-0.2, -0.15) is 5.10 Å². The third-order valence-electron chi connectivity index (χ3n) is 3.67. The van der Waals surface area contributed by atoms with Crippen molar-refractivity contribution in [2.45, 2.75) is 32.7 Å². The normalized spacial score (nSPS) is 12.7. The van der Waals surface area contributed by atoms with Gasteiger partial charge in [-0.05, 0) is 49.4 Å². The summed E-state index contributed by atoms with van der Waals surface area (Å²) in [5, 5.41) is 4.19. The van der Waals surface area contributed by atoms with Gasteiger partial charge in [-0.25, -0.2) is 0 Å². The zero-order valence-corrected chi connectivity index (χ0v) is 13.7. The molecule has 108 valence electrons. The first-order valence-electron chi connectivity index (χ1n) is 6.72. The lowest BCUT2D eigenvalue weighted by Crippen LogP contribution is -2.28. The van der Waals surface area contributed by atoms with Gasteiger partial charge < -0.3 is 0 Å². The van der Waals surface area contributed by atoms with Crippen LogP contribution in [-0.4, -0.2) is 9.78 Å². The maximum atomic E-state index is 5.74. The molecule has 0 bridgehead atoms. The highest BCUT2D eigenvalue weighted by Gasteiger charge is 2.13. The summed E-state index contributed by atoms with van der Waals surface area (Å²) in [7, 11) is 1.97. The highest BCUT2D eigenvalue weighted by Crippen LogP contribution is 2.27. The van der Waals surface area contributed by atoms with E-state index in [1.165, 1.54) is 26.9 Å². The number of nitrogens with one attached hydrogen (secondary N) is 1. The minimum atomic E-state index is 0.149. The molecule has 1 aromatic heterocycles. The highest BCUT2D eigenvalue weighted by molar-refractivity contribution is 9.10. The largest absolute Gasteiger partial charge is 0.273 e. The van der Waals surface area contributed by atoms with Crippen LogP contribution in [0.3, 0.4) is 0 Å². The van der Waals surface area contributed by atoms with Gasteiger partial charge >= 0.3 is 0 Å². The molecular weight excluding hydrogens is 316 g/mol. The predicted octanol–water partition coefficient (Wildman–Crippen LogP) is 2.94. The van der Waals surface area contributed by atoms with Crippen molar-refractivity contribution in [2.24, 2.45) is 12.9 Å². The number of hydrazine groups is 1. The molecule has 20 heavy (non-hydrogen) atoms. The molecule has 3 N–H and O–H groups in total. The van der Waals surface area contributed by atoms with Crippen LogP contribution in [0.25, 0.3) is 0 Å². The minimum absolute atomic E-state index is 0.149. The monoisotopic (exact) mass is 336 g/mol. The molecule has 0 fully saturated rings. The summed E-state index contributed by atoms with van der Waals surface area (Å²) in [5.41, 5.74) is 7.85. The molecule has 5 heteroatoms. The molecule has 1 atom stereocenters. The first-order chi connectivity index (χ1) is 9.52. The summed E-state index contributed by atoms with van der Waals surface area (Å²) >= 11 is 3.60. The van der Waals surface area contributed by atoms with Gasteiger partial charge in [-0.15, -0.1) is 0 Å². The molecular formula is C15H21BrN4. The Hall–Kier alpha value is -1.17. The lowest BCUT2D eigenvalue weighted by molar-refractivity contribution is 0.506. The van der Waals surface area contributed by atoms with Crippen LogP contribution >= 0.6 is 15.9 Å². The van der Waals surface area contributed by atoms with Gasteiger partial charge in [0.2, 0.25) is 0 Å². The molecule has 2 aromatic rings. The predicted molar refractivity (Wildman–Crippen MR) is 85.2 cm³/mol. The molecule has 1 heterocycles. The van der Waals surface area contributed by atoms with Crippen molar-refractivity contribution in [2.75, 3.05) is 0 Å². The second-order valence-electron chi connectivity index (χ2n) is 5.17. The van der Waals surface area contributed by atoms with E-state index >= 15 is 0 Å². The van der Waals surface area contributed by atoms with E-state index in [0.717, 1.165) is 12.8 Å². The first-order valence-corrected chi connectivity index (χ1v) is 7.52. The van der Waals surface area contributed by atoms with Crippen molar-refractivity contribution in [3.05, 3.63) is 51.3 Å². The Bertz CT molecular complexity index is 568. The number of halogens is 1. The maximum Gasteiger partial charge on any atom is 0.0492 e. The standard InChI is InChI=1S/C15H21BrN4/c1-10-8-12(9-11(2)15(10)16)14(19-17)5-4-13-6-7-18-20(13)3/h6-9,14,19H,4-5,17H2,1-3H3. The number of aromatic nitrogens is 2. The Balaban J connectivity index is 2.14. The van der Waals surface area contributed by atoms with E-state index in [2.05, 4.69) is 52.4 Å². The number of hydrogen-bond acceptors (Lipinski definition) is 3. The van der Waals surface area contributed by atoms with Crippen molar-refractivity contribution in [1.29, 1.82) is 0 Å². The SMILES string of the molecule is Cc1cc(C(CCc2ccnn2C)NN)cc(C)c1Br. The number of benzene rings is 1. The molecule has 0 amide bonds. The fraction of sp³-hybridized carbons (Fsp3) is 0.400. The summed E-state index contributed by atoms with van der Waals surface area (Å²) in [5.74, 6) is 5.74. The smallest absolute Gasteiger partial charge is 0.0492 e. The Kier molecular flexibility index (Phi) is 4.96. The molecule has 4 nitrogen and oxygen atoms in total. The Morgan fingerprint density at radius 2 is 2.00 bits per heavy atom. The van der Waals surface area contributed by atoms with Crippen LogP contribution in [0, 0.1) is 13.8 Å². The summed E-state index contributed by atoms with van der Waals surface area (Å²) in [6, 6.07) is 6.57. The molecule has 2 rings (SSSR count). The molecule has 0 spiro atoms. The van der Waals surface area contributed by atoms with E-state index < -0.39 is 0 Å². The Morgan fingerprint density at radius 1 is 1.35 bits per heavy atom. The average Bonchev–Trinajstić information content (AvgIpc) is 2.82. The molecule has 0 aliphatic carbocycles. The van der Waals surface area contributed by atoms with Crippen LogP contribution in [0.4, 0.5) is 0 Å². The van der Waals surface area contributed by atoms with Crippen LogP contribution in [0.5, 0.6) is 0 Å². The average molecular weight is 337 g/mol. The first kappa shape index (κ1) is 15.2. The number of nitrogens with zero attached hydrogens (tertiary/aromatic N) is 2.